The van der Waals surface area contributed by atoms with Gasteiger partial charge in [-0.15, -0.1) is 11.3 Å². The van der Waals surface area contributed by atoms with Crippen molar-refractivity contribution in [2.24, 2.45) is 0 Å². The number of fused-ring (bicyclic) bond motifs is 3. The van der Waals surface area contributed by atoms with Crippen LogP contribution in [-0.2, 0) is 19.4 Å². The van der Waals surface area contributed by atoms with E-state index >= 15 is 0 Å². The monoisotopic (exact) mass is 406 g/mol. The van der Waals surface area contributed by atoms with Crippen LogP contribution in [0.4, 0.5) is 4.39 Å². The first-order chi connectivity index (χ1) is 14.2. The highest BCUT2D eigenvalue weighted by Crippen LogP contribution is 2.34. The molecular formula is C23H19FN2O2S. The molecule has 1 aliphatic carbocycles. The van der Waals surface area contributed by atoms with Gasteiger partial charge in [0.2, 0.25) is 0 Å². The summed E-state index contributed by atoms with van der Waals surface area (Å²) in [4.78, 5) is 22.5. The summed E-state index contributed by atoms with van der Waals surface area (Å²) >= 11 is 1.63. The largest absolute Gasteiger partial charge is 0.489 e. The van der Waals surface area contributed by atoms with Crippen LogP contribution in [0.3, 0.4) is 0 Å². The van der Waals surface area contributed by atoms with Crippen molar-refractivity contribution in [1.82, 2.24) is 9.97 Å². The standard InChI is InChI=1S/C23H19FN2O2S/c24-18-10-3-1-6-15(18)13-28-16-8-5-7-14(12-16)21-25-22(27)20-17-9-2-4-11-19(17)29-23(20)26-21/h1,3,5-8,10,12H,2,4,9,11,13H2,(H,25,26,27). The Bertz CT molecular complexity index is 1260. The fraction of sp³-hybridized carbons (Fsp3) is 0.217. The minimum absolute atomic E-state index is 0.0814. The molecule has 0 spiro atoms. The summed E-state index contributed by atoms with van der Waals surface area (Å²) in [5.74, 6) is 0.832. The van der Waals surface area contributed by atoms with Crippen molar-refractivity contribution in [2.75, 3.05) is 0 Å². The molecule has 2 aromatic heterocycles. The molecule has 0 fully saturated rings. The smallest absolute Gasteiger partial charge is 0.260 e. The molecule has 29 heavy (non-hydrogen) atoms. The number of aromatic amines is 1. The molecule has 2 heterocycles. The third-order valence-corrected chi connectivity index (χ3v) is 6.47. The molecule has 0 bridgehead atoms. The minimum atomic E-state index is -0.290. The van der Waals surface area contributed by atoms with Gasteiger partial charge in [0, 0.05) is 16.0 Å². The predicted molar refractivity (Wildman–Crippen MR) is 113 cm³/mol. The fourth-order valence-corrected chi connectivity index (χ4v) is 5.07. The summed E-state index contributed by atoms with van der Waals surface area (Å²) < 4.78 is 19.6. The summed E-state index contributed by atoms with van der Waals surface area (Å²) in [6.07, 6.45) is 4.29. The summed E-state index contributed by atoms with van der Waals surface area (Å²) in [7, 11) is 0. The molecule has 5 rings (SSSR count). The van der Waals surface area contributed by atoms with Gasteiger partial charge in [0.15, 0.2) is 0 Å². The summed E-state index contributed by atoms with van der Waals surface area (Å²) in [6.45, 7) is 0.136. The summed E-state index contributed by atoms with van der Waals surface area (Å²) in [5.41, 5.74) is 2.36. The molecule has 4 aromatic rings. The van der Waals surface area contributed by atoms with Gasteiger partial charge in [-0.25, -0.2) is 9.37 Å². The van der Waals surface area contributed by atoms with E-state index < -0.39 is 0 Å². The van der Waals surface area contributed by atoms with E-state index in [4.69, 9.17) is 9.72 Å². The zero-order chi connectivity index (χ0) is 19.8. The van der Waals surface area contributed by atoms with Crippen LogP contribution >= 0.6 is 11.3 Å². The SMILES string of the molecule is O=c1[nH]c(-c2cccc(OCc3ccccc3F)c2)nc2sc3c(c12)CCCC3. The van der Waals surface area contributed by atoms with E-state index in [0.717, 1.165) is 35.0 Å². The minimum Gasteiger partial charge on any atom is -0.489 e. The van der Waals surface area contributed by atoms with Gasteiger partial charge < -0.3 is 9.72 Å². The van der Waals surface area contributed by atoms with Gasteiger partial charge in [-0.2, -0.15) is 0 Å². The Labute approximate surface area is 171 Å². The third kappa shape index (κ3) is 3.44. The van der Waals surface area contributed by atoms with Gasteiger partial charge in [0.1, 0.15) is 28.8 Å². The Morgan fingerprint density at radius 2 is 1.97 bits per heavy atom. The first-order valence-electron chi connectivity index (χ1n) is 9.70. The Kier molecular flexibility index (Phi) is 4.64. The predicted octanol–water partition coefficient (Wildman–Crippen LogP) is 5.25. The number of nitrogens with zero attached hydrogens (tertiary/aromatic N) is 1. The van der Waals surface area contributed by atoms with Crippen molar-refractivity contribution in [2.45, 2.75) is 32.3 Å². The second kappa shape index (κ2) is 7.44. The molecule has 0 saturated carbocycles. The van der Waals surface area contributed by atoms with E-state index in [2.05, 4.69) is 4.98 Å². The third-order valence-electron chi connectivity index (χ3n) is 5.28. The highest BCUT2D eigenvalue weighted by atomic mass is 32.1. The average Bonchev–Trinajstić information content (AvgIpc) is 3.12. The highest BCUT2D eigenvalue weighted by molar-refractivity contribution is 7.18. The van der Waals surface area contributed by atoms with E-state index in [-0.39, 0.29) is 18.0 Å². The van der Waals surface area contributed by atoms with Crippen LogP contribution in [0, 0.1) is 5.82 Å². The van der Waals surface area contributed by atoms with Crippen molar-refractivity contribution in [3.63, 3.8) is 0 Å². The Morgan fingerprint density at radius 1 is 1.10 bits per heavy atom. The molecule has 4 nitrogen and oxygen atoms in total. The maximum atomic E-state index is 13.8. The van der Waals surface area contributed by atoms with Crippen LogP contribution in [0.5, 0.6) is 5.75 Å². The van der Waals surface area contributed by atoms with Crippen molar-refractivity contribution >= 4 is 21.6 Å². The number of rotatable bonds is 4. The van der Waals surface area contributed by atoms with Crippen LogP contribution in [-0.4, -0.2) is 9.97 Å². The van der Waals surface area contributed by atoms with E-state index in [0.29, 0.717) is 17.1 Å². The van der Waals surface area contributed by atoms with Crippen molar-refractivity contribution in [3.8, 4) is 17.1 Å². The number of hydrogen-bond donors (Lipinski definition) is 1. The zero-order valence-corrected chi connectivity index (χ0v) is 16.5. The number of hydrogen-bond acceptors (Lipinski definition) is 4. The normalized spacial score (nSPS) is 13.4. The number of aryl methyl sites for hydroxylation is 2. The number of benzene rings is 2. The van der Waals surface area contributed by atoms with Crippen LogP contribution in [0.2, 0.25) is 0 Å². The fourth-order valence-electron chi connectivity index (χ4n) is 3.81. The number of ether oxygens (including phenoxy) is 1. The number of nitrogens with one attached hydrogen (secondary N) is 1. The van der Waals surface area contributed by atoms with Crippen LogP contribution < -0.4 is 10.3 Å². The maximum absolute atomic E-state index is 13.8. The van der Waals surface area contributed by atoms with Crippen LogP contribution in [0.1, 0.15) is 28.8 Å². The second-order valence-electron chi connectivity index (χ2n) is 7.21. The Hall–Kier alpha value is -2.99. The van der Waals surface area contributed by atoms with E-state index in [1.54, 1.807) is 29.5 Å². The molecule has 0 amide bonds. The number of thiophene rings is 1. The van der Waals surface area contributed by atoms with Crippen LogP contribution in [0.25, 0.3) is 21.6 Å². The van der Waals surface area contributed by atoms with Crippen molar-refractivity contribution in [3.05, 3.63) is 80.7 Å². The number of halogens is 1. The molecular weight excluding hydrogens is 387 g/mol. The lowest BCUT2D eigenvalue weighted by Crippen LogP contribution is -2.11. The summed E-state index contributed by atoms with van der Waals surface area (Å²) in [5, 5.41) is 0.750. The van der Waals surface area contributed by atoms with Crippen molar-refractivity contribution in [1.29, 1.82) is 0 Å². The molecule has 0 saturated heterocycles. The van der Waals surface area contributed by atoms with Gasteiger partial charge in [-0.1, -0.05) is 30.3 Å². The first-order valence-corrected chi connectivity index (χ1v) is 10.5. The molecule has 1 aliphatic rings. The Balaban J connectivity index is 1.46. The van der Waals surface area contributed by atoms with Crippen LogP contribution in [0.15, 0.2) is 53.3 Å². The lowest BCUT2D eigenvalue weighted by atomic mass is 9.97. The van der Waals surface area contributed by atoms with E-state index in [1.165, 1.54) is 22.9 Å². The topological polar surface area (TPSA) is 55.0 Å². The molecule has 0 unspecified atom stereocenters. The first kappa shape index (κ1) is 18.1. The average molecular weight is 406 g/mol. The van der Waals surface area contributed by atoms with E-state index in [9.17, 15) is 9.18 Å². The summed E-state index contributed by atoms with van der Waals surface area (Å²) in [6, 6.07) is 13.9. The quantitative estimate of drug-likeness (QED) is 0.504. The van der Waals surface area contributed by atoms with Gasteiger partial charge in [0.05, 0.1) is 5.39 Å². The molecule has 6 heteroatoms. The lowest BCUT2D eigenvalue weighted by Gasteiger charge is -2.10. The maximum Gasteiger partial charge on any atom is 0.260 e. The highest BCUT2D eigenvalue weighted by Gasteiger charge is 2.20. The van der Waals surface area contributed by atoms with Crippen molar-refractivity contribution < 1.29 is 9.13 Å². The molecule has 0 atom stereocenters. The molecule has 0 aliphatic heterocycles. The molecule has 1 N–H and O–H groups in total. The number of H-pyrrole nitrogens is 1. The van der Waals surface area contributed by atoms with Gasteiger partial charge in [-0.05, 0) is 49.4 Å². The molecule has 146 valence electrons. The molecule has 2 aromatic carbocycles. The second-order valence-corrected chi connectivity index (χ2v) is 8.30. The van der Waals surface area contributed by atoms with Gasteiger partial charge in [-0.3, -0.25) is 4.79 Å². The zero-order valence-electron chi connectivity index (χ0n) is 15.7. The molecule has 0 radical (unpaired) electrons. The van der Waals surface area contributed by atoms with Gasteiger partial charge >= 0.3 is 0 Å². The van der Waals surface area contributed by atoms with E-state index in [1.807, 2.05) is 24.3 Å². The van der Waals surface area contributed by atoms with Gasteiger partial charge in [0.25, 0.3) is 5.56 Å². The lowest BCUT2D eigenvalue weighted by molar-refractivity contribution is 0.300. The Morgan fingerprint density at radius 3 is 2.86 bits per heavy atom. The number of aromatic nitrogens is 2.